The van der Waals surface area contributed by atoms with Crippen LogP contribution in [0, 0.1) is 0 Å². The second-order valence-electron chi connectivity index (χ2n) is 12.5. The zero-order chi connectivity index (χ0) is 30.9. The van der Waals surface area contributed by atoms with Crippen LogP contribution in [-0.2, 0) is 0 Å². The Bertz CT molecular complexity index is 2840. The molecule has 0 atom stereocenters. The molecule has 0 radical (unpaired) electrons. The van der Waals surface area contributed by atoms with E-state index in [1.54, 1.807) is 0 Å². The smallest absolute Gasteiger partial charge is 0.0547 e. The van der Waals surface area contributed by atoms with Crippen molar-refractivity contribution in [3.05, 3.63) is 176 Å². The van der Waals surface area contributed by atoms with Crippen molar-refractivity contribution in [3.8, 4) is 27.9 Å². The van der Waals surface area contributed by atoms with Gasteiger partial charge in [0.2, 0.25) is 0 Å². The van der Waals surface area contributed by atoms with Crippen molar-refractivity contribution in [1.82, 2.24) is 4.57 Å². The Hall–Kier alpha value is -6.18. The molecule has 0 aliphatic carbocycles. The number of rotatable bonds is 3. The zero-order valence-electron chi connectivity index (χ0n) is 25.7. The van der Waals surface area contributed by atoms with Gasteiger partial charge in [0, 0.05) is 21.8 Å². The molecule has 1 aromatic heterocycles. The third-order valence-corrected chi connectivity index (χ3v) is 9.91. The average Bonchev–Trinajstić information content (AvgIpc) is 3.48. The average molecular weight is 596 g/mol. The molecule has 1 heteroatoms. The first-order chi connectivity index (χ1) is 23.3. The van der Waals surface area contributed by atoms with Crippen LogP contribution in [0.2, 0.25) is 0 Å². The van der Waals surface area contributed by atoms with Crippen LogP contribution in [0.5, 0.6) is 0 Å². The molecule has 218 valence electrons. The van der Waals surface area contributed by atoms with Crippen LogP contribution in [0.25, 0.3) is 92.8 Å². The number of aromatic nitrogens is 1. The minimum atomic E-state index is 1.17. The number of nitrogens with zero attached hydrogens (tertiary/aromatic N) is 1. The van der Waals surface area contributed by atoms with E-state index in [-0.39, 0.29) is 0 Å². The summed E-state index contributed by atoms with van der Waals surface area (Å²) in [5, 5.41) is 12.7. The van der Waals surface area contributed by atoms with Gasteiger partial charge in [0.05, 0.1) is 11.0 Å². The van der Waals surface area contributed by atoms with Crippen LogP contribution < -0.4 is 0 Å². The van der Waals surface area contributed by atoms with Gasteiger partial charge in [-0.15, -0.1) is 0 Å². The van der Waals surface area contributed by atoms with Crippen LogP contribution in [0.3, 0.4) is 0 Å². The molecule has 0 bridgehead atoms. The normalized spacial score (nSPS) is 11.8. The molecule has 0 unspecified atom stereocenters. The summed E-state index contributed by atoms with van der Waals surface area (Å²) < 4.78 is 2.43. The van der Waals surface area contributed by atoms with E-state index in [2.05, 4.69) is 180 Å². The van der Waals surface area contributed by atoms with Gasteiger partial charge in [0.25, 0.3) is 0 Å². The summed E-state index contributed by atoms with van der Waals surface area (Å²) in [5.41, 5.74) is 8.63. The Morgan fingerprint density at radius 3 is 1.51 bits per heavy atom. The fraction of sp³-hybridized carbons (Fsp3) is 0. The van der Waals surface area contributed by atoms with Gasteiger partial charge in [0.15, 0.2) is 0 Å². The highest BCUT2D eigenvalue weighted by Crippen LogP contribution is 2.49. The predicted octanol–water partition coefficient (Wildman–Crippen LogP) is 12.7. The fourth-order valence-corrected chi connectivity index (χ4v) is 7.88. The standard InChI is InChI=1S/C46H29N/c1-2-16-36(17-3-1)47-41-21-11-10-20-39(41)45-42(47)27-26-40-43(34-24-22-30-12-4-6-14-32(30)28-34)37-18-8-9-19-38(37)44(46(40)45)35-25-23-31-13-5-7-15-33(31)29-35/h1-29H. The molecular weight excluding hydrogens is 567 g/mol. The van der Waals surface area contributed by atoms with Crippen molar-refractivity contribution in [2.45, 2.75) is 0 Å². The fourth-order valence-electron chi connectivity index (χ4n) is 7.88. The molecule has 0 aliphatic heterocycles. The van der Waals surface area contributed by atoms with Crippen LogP contribution in [0.4, 0.5) is 0 Å². The third-order valence-electron chi connectivity index (χ3n) is 9.91. The van der Waals surface area contributed by atoms with Crippen LogP contribution in [0.1, 0.15) is 0 Å². The van der Waals surface area contributed by atoms with Crippen molar-refractivity contribution in [3.63, 3.8) is 0 Å². The summed E-state index contributed by atoms with van der Waals surface area (Å²) in [5.74, 6) is 0. The molecular formula is C46H29N. The van der Waals surface area contributed by atoms with Gasteiger partial charge in [-0.2, -0.15) is 0 Å². The molecule has 0 spiro atoms. The molecule has 1 nitrogen and oxygen atoms in total. The van der Waals surface area contributed by atoms with E-state index in [1.807, 2.05) is 0 Å². The lowest BCUT2D eigenvalue weighted by atomic mass is 9.83. The van der Waals surface area contributed by atoms with Crippen molar-refractivity contribution >= 4 is 64.9 Å². The second kappa shape index (κ2) is 10.2. The first kappa shape index (κ1) is 26.1. The number of para-hydroxylation sites is 2. The minimum absolute atomic E-state index is 1.17. The number of hydrogen-bond acceptors (Lipinski definition) is 0. The summed E-state index contributed by atoms with van der Waals surface area (Å²) in [4.78, 5) is 0. The number of fused-ring (bicyclic) bond motifs is 8. The van der Waals surface area contributed by atoms with Crippen molar-refractivity contribution in [2.75, 3.05) is 0 Å². The molecule has 0 fully saturated rings. The lowest BCUT2D eigenvalue weighted by Crippen LogP contribution is -1.94. The van der Waals surface area contributed by atoms with E-state index in [4.69, 9.17) is 0 Å². The lowest BCUT2D eigenvalue weighted by Gasteiger charge is -2.19. The molecule has 0 saturated heterocycles. The highest BCUT2D eigenvalue weighted by atomic mass is 15.0. The first-order valence-electron chi connectivity index (χ1n) is 16.3. The SMILES string of the molecule is c1ccc(-n2c3ccccc3c3c4c(-c5ccc6ccccc6c5)c5ccccc5c(-c5ccc6ccccc6c5)c4ccc32)cc1. The van der Waals surface area contributed by atoms with E-state index < -0.39 is 0 Å². The molecule has 47 heavy (non-hydrogen) atoms. The largest absolute Gasteiger partial charge is 0.309 e. The Labute approximate surface area is 272 Å². The van der Waals surface area contributed by atoms with Gasteiger partial charge in [-0.3, -0.25) is 0 Å². The van der Waals surface area contributed by atoms with Gasteiger partial charge in [-0.05, 0) is 96.4 Å². The van der Waals surface area contributed by atoms with Crippen molar-refractivity contribution in [2.24, 2.45) is 0 Å². The highest BCUT2D eigenvalue weighted by molar-refractivity contribution is 6.32. The maximum absolute atomic E-state index is 2.43. The summed E-state index contributed by atoms with van der Waals surface area (Å²) in [6.45, 7) is 0. The lowest BCUT2D eigenvalue weighted by molar-refractivity contribution is 1.18. The molecule has 0 saturated carbocycles. The monoisotopic (exact) mass is 595 g/mol. The zero-order valence-corrected chi connectivity index (χ0v) is 25.7. The quantitative estimate of drug-likeness (QED) is 0.179. The maximum atomic E-state index is 2.43. The molecule has 0 N–H and O–H groups in total. The van der Waals surface area contributed by atoms with Crippen molar-refractivity contribution in [1.29, 1.82) is 0 Å². The van der Waals surface area contributed by atoms with Gasteiger partial charge in [-0.25, -0.2) is 0 Å². The Kier molecular flexibility index (Phi) is 5.64. The van der Waals surface area contributed by atoms with Crippen molar-refractivity contribution < 1.29 is 0 Å². The van der Waals surface area contributed by atoms with Crippen LogP contribution in [-0.4, -0.2) is 4.57 Å². The van der Waals surface area contributed by atoms with E-state index in [0.29, 0.717) is 0 Å². The summed E-state index contributed by atoms with van der Waals surface area (Å²) in [6, 6.07) is 64.6. The van der Waals surface area contributed by atoms with Gasteiger partial charge >= 0.3 is 0 Å². The minimum Gasteiger partial charge on any atom is -0.309 e. The molecule has 1 heterocycles. The van der Waals surface area contributed by atoms with Gasteiger partial charge < -0.3 is 4.57 Å². The second-order valence-corrected chi connectivity index (χ2v) is 12.5. The summed E-state index contributed by atoms with van der Waals surface area (Å²) >= 11 is 0. The van der Waals surface area contributed by atoms with Gasteiger partial charge in [-0.1, -0.05) is 140 Å². The Morgan fingerprint density at radius 1 is 0.298 bits per heavy atom. The van der Waals surface area contributed by atoms with E-state index >= 15 is 0 Å². The summed E-state index contributed by atoms with van der Waals surface area (Å²) in [7, 11) is 0. The van der Waals surface area contributed by atoms with E-state index in [0.717, 1.165) is 0 Å². The number of hydrogen-bond donors (Lipinski definition) is 0. The number of benzene rings is 9. The highest BCUT2D eigenvalue weighted by Gasteiger charge is 2.22. The predicted molar refractivity (Wildman–Crippen MR) is 202 cm³/mol. The molecule has 9 aromatic carbocycles. The first-order valence-corrected chi connectivity index (χ1v) is 16.3. The molecule has 10 aromatic rings. The molecule has 10 rings (SSSR count). The van der Waals surface area contributed by atoms with Crippen LogP contribution >= 0.6 is 0 Å². The van der Waals surface area contributed by atoms with Crippen LogP contribution in [0.15, 0.2) is 176 Å². The molecule has 0 amide bonds. The van der Waals surface area contributed by atoms with Gasteiger partial charge in [0.1, 0.15) is 0 Å². The summed E-state index contributed by atoms with van der Waals surface area (Å²) in [6.07, 6.45) is 0. The van der Waals surface area contributed by atoms with E-state index in [9.17, 15) is 0 Å². The molecule has 0 aliphatic rings. The maximum Gasteiger partial charge on any atom is 0.0547 e. The van der Waals surface area contributed by atoms with E-state index in [1.165, 1.54) is 92.8 Å². The Balaban J connectivity index is 1.45. The topological polar surface area (TPSA) is 4.93 Å². The Morgan fingerprint density at radius 2 is 0.830 bits per heavy atom. The third kappa shape index (κ3) is 3.90.